The third kappa shape index (κ3) is 2.31. The van der Waals surface area contributed by atoms with E-state index in [4.69, 9.17) is 11.6 Å². The summed E-state index contributed by atoms with van der Waals surface area (Å²) in [4.78, 5) is 11.8. The smallest absolute Gasteiger partial charge is 0.297 e. The van der Waals surface area contributed by atoms with Crippen LogP contribution in [-0.2, 0) is 0 Å². The Morgan fingerprint density at radius 2 is 2.30 bits per heavy atom. The fourth-order valence-electron chi connectivity index (χ4n) is 1.47. The van der Waals surface area contributed by atoms with Crippen molar-refractivity contribution < 1.29 is 4.79 Å². The maximum absolute atomic E-state index is 11.8. The average molecular weight is 292 g/mol. The largest absolute Gasteiger partial charge is 0.318 e. The molecule has 2 N–H and O–H groups in total. The molecule has 0 saturated heterocycles. The molecular weight excluding hydrogens is 286 g/mol. The third-order valence-electron chi connectivity index (χ3n) is 2.36. The van der Waals surface area contributed by atoms with Crippen LogP contribution in [-0.4, -0.2) is 46.7 Å². The van der Waals surface area contributed by atoms with E-state index in [0.717, 1.165) is 0 Å². The molecule has 1 amide bonds. The number of hydrogen-bond acceptors (Lipinski definition) is 7. The van der Waals surface area contributed by atoms with Crippen molar-refractivity contribution in [1.82, 2.24) is 40.8 Å². The van der Waals surface area contributed by atoms with E-state index in [2.05, 4.69) is 41.5 Å². The lowest BCUT2D eigenvalue weighted by molar-refractivity contribution is 0.101. The number of H-pyrrole nitrogens is 1. The monoisotopic (exact) mass is 291 g/mol. The standard InChI is InChI=1S/C9H6ClN9O/c10-6-2-1-5(19-4-11-15-18-19)3-7(6)12-9(20)8-13-16-17-14-8/h1-4H,(H,12,20)(H,13,14,16,17). The van der Waals surface area contributed by atoms with Gasteiger partial charge < -0.3 is 5.32 Å². The lowest BCUT2D eigenvalue weighted by Crippen LogP contribution is -2.14. The van der Waals surface area contributed by atoms with Gasteiger partial charge in [-0.1, -0.05) is 11.6 Å². The highest BCUT2D eigenvalue weighted by Gasteiger charge is 2.13. The van der Waals surface area contributed by atoms with Gasteiger partial charge in [0.05, 0.1) is 16.4 Å². The molecule has 2 heterocycles. The van der Waals surface area contributed by atoms with E-state index in [1.54, 1.807) is 18.2 Å². The Hall–Kier alpha value is -2.88. The Morgan fingerprint density at radius 3 is 3.00 bits per heavy atom. The first kappa shape index (κ1) is 12.2. The summed E-state index contributed by atoms with van der Waals surface area (Å²) in [5.74, 6) is -0.622. The van der Waals surface area contributed by atoms with Crippen LogP contribution in [0, 0.1) is 0 Å². The van der Waals surface area contributed by atoms with E-state index < -0.39 is 5.91 Å². The molecule has 0 aliphatic heterocycles. The van der Waals surface area contributed by atoms with Crippen molar-refractivity contribution in [2.45, 2.75) is 0 Å². The Labute approximate surface area is 116 Å². The van der Waals surface area contributed by atoms with Crippen molar-refractivity contribution in [3.05, 3.63) is 35.4 Å². The maximum Gasteiger partial charge on any atom is 0.297 e. The number of anilines is 1. The number of aromatic nitrogens is 8. The van der Waals surface area contributed by atoms with Gasteiger partial charge >= 0.3 is 0 Å². The van der Waals surface area contributed by atoms with Crippen LogP contribution in [0.4, 0.5) is 5.69 Å². The molecule has 0 atom stereocenters. The second kappa shape index (κ2) is 5.01. The number of hydrogen-bond donors (Lipinski definition) is 2. The fourth-order valence-corrected chi connectivity index (χ4v) is 1.63. The number of nitrogens with one attached hydrogen (secondary N) is 2. The molecular formula is C9H6ClN9O. The van der Waals surface area contributed by atoms with Crippen LogP contribution in [0.1, 0.15) is 10.6 Å². The van der Waals surface area contributed by atoms with Crippen LogP contribution in [0.3, 0.4) is 0 Å². The average Bonchev–Trinajstić information content (AvgIpc) is 3.14. The molecule has 0 saturated carbocycles. The molecule has 0 unspecified atom stereocenters. The van der Waals surface area contributed by atoms with E-state index in [-0.39, 0.29) is 5.82 Å². The minimum absolute atomic E-state index is 0.0890. The number of carbonyl (C=O) groups is 1. The number of carbonyl (C=O) groups excluding carboxylic acids is 1. The molecule has 3 aromatic rings. The molecule has 20 heavy (non-hydrogen) atoms. The molecule has 0 fully saturated rings. The number of benzene rings is 1. The molecule has 0 spiro atoms. The molecule has 0 aliphatic rings. The number of halogens is 1. The van der Waals surface area contributed by atoms with Gasteiger partial charge in [0.15, 0.2) is 0 Å². The van der Waals surface area contributed by atoms with Gasteiger partial charge in [-0.3, -0.25) is 4.79 Å². The molecule has 3 rings (SSSR count). The minimum Gasteiger partial charge on any atom is -0.318 e. The van der Waals surface area contributed by atoms with Crippen LogP contribution >= 0.6 is 11.6 Å². The zero-order valence-electron chi connectivity index (χ0n) is 9.73. The number of rotatable bonds is 3. The van der Waals surface area contributed by atoms with E-state index >= 15 is 0 Å². The van der Waals surface area contributed by atoms with Gasteiger partial charge in [-0.15, -0.1) is 15.3 Å². The quantitative estimate of drug-likeness (QED) is 0.699. The number of nitrogens with zero attached hydrogens (tertiary/aromatic N) is 7. The van der Waals surface area contributed by atoms with Gasteiger partial charge in [0, 0.05) is 0 Å². The molecule has 2 aromatic heterocycles. The zero-order valence-corrected chi connectivity index (χ0v) is 10.5. The summed E-state index contributed by atoms with van der Waals surface area (Å²) in [6.45, 7) is 0. The number of amides is 1. The Morgan fingerprint density at radius 1 is 1.40 bits per heavy atom. The molecule has 0 bridgehead atoms. The first-order chi connectivity index (χ1) is 9.74. The Kier molecular flexibility index (Phi) is 3.05. The highest BCUT2D eigenvalue weighted by molar-refractivity contribution is 6.34. The third-order valence-corrected chi connectivity index (χ3v) is 2.69. The molecule has 100 valence electrons. The Balaban J connectivity index is 1.89. The predicted octanol–water partition coefficient (Wildman–Crippen LogP) is 0.0811. The fraction of sp³-hybridized carbons (Fsp3) is 0. The molecule has 0 aliphatic carbocycles. The second-order valence-corrected chi connectivity index (χ2v) is 4.02. The molecule has 11 heteroatoms. The predicted molar refractivity (Wildman–Crippen MR) is 66.3 cm³/mol. The molecule has 1 aromatic carbocycles. The molecule has 10 nitrogen and oxygen atoms in total. The lowest BCUT2D eigenvalue weighted by Gasteiger charge is -2.07. The van der Waals surface area contributed by atoms with Crippen molar-refractivity contribution in [2.24, 2.45) is 0 Å². The maximum atomic E-state index is 11.8. The first-order valence-corrected chi connectivity index (χ1v) is 5.69. The van der Waals surface area contributed by atoms with Gasteiger partial charge in [0.1, 0.15) is 6.33 Å². The highest BCUT2D eigenvalue weighted by Crippen LogP contribution is 2.24. The summed E-state index contributed by atoms with van der Waals surface area (Å²) in [5.41, 5.74) is 1.03. The molecule has 0 radical (unpaired) electrons. The summed E-state index contributed by atoms with van der Waals surface area (Å²) in [6.07, 6.45) is 1.42. The van der Waals surface area contributed by atoms with E-state index in [9.17, 15) is 4.79 Å². The second-order valence-electron chi connectivity index (χ2n) is 3.61. The normalized spacial score (nSPS) is 10.4. The van der Waals surface area contributed by atoms with E-state index in [0.29, 0.717) is 16.4 Å². The van der Waals surface area contributed by atoms with Gasteiger partial charge in [-0.2, -0.15) is 5.21 Å². The summed E-state index contributed by atoms with van der Waals surface area (Å²) in [6, 6.07) is 4.95. The van der Waals surface area contributed by atoms with Gasteiger partial charge in [-0.05, 0) is 33.8 Å². The summed E-state index contributed by atoms with van der Waals surface area (Å²) < 4.78 is 1.43. The van der Waals surface area contributed by atoms with Crippen molar-refractivity contribution in [3.63, 3.8) is 0 Å². The lowest BCUT2D eigenvalue weighted by atomic mass is 10.2. The number of tetrazole rings is 2. The van der Waals surface area contributed by atoms with Gasteiger partial charge in [-0.25, -0.2) is 4.68 Å². The zero-order chi connectivity index (χ0) is 13.9. The summed E-state index contributed by atoms with van der Waals surface area (Å²) in [5, 5.41) is 26.4. The van der Waals surface area contributed by atoms with Crippen LogP contribution < -0.4 is 5.32 Å². The van der Waals surface area contributed by atoms with Gasteiger partial charge in [0.25, 0.3) is 11.7 Å². The first-order valence-electron chi connectivity index (χ1n) is 5.32. The SMILES string of the molecule is O=C(Nc1cc(-n2cnnn2)ccc1Cl)c1nn[nH]n1. The number of aromatic amines is 1. The van der Waals surface area contributed by atoms with Gasteiger partial charge in [0.2, 0.25) is 0 Å². The van der Waals surface area contributed by atoms with Crippen LogP contribution in [0.2, 0.25) is 5.02 Å². The van der Waals surface area contributed by atoms with Crippen LogP contribution in [0.25, 0.3) is 5.69 Å². The Bertz CT molecular complexity index is 724. The summed E-state index contributed by atoms with van der Waals surface area (Å²) >= 11 is 6.02. The van der Waals surface area contributed by atoms with Crippen molar-refractivity contribution in [1.29, 1.82) is 0 Å². The minimum atomic E-state index is -0.533. The van der Waals surface area contributed by atoms with Crippen molar-refractivity contribution >= 4 is 23.2 Å². The van der Waals surface area contributed by atoms with Crippen LogP contribution in [0.15, 0.2) is 24.5 Å². The summed E-state index contributed by atoms with van der Waals surface area (Å²) in [7, 11) is 0. The van der Waals surface area contributed by atoms with E-state index in [1.165, 1.54) is 11.0 Å². The van der Waals surface area contributed by atoms with Crippen molar-refractivity contribution in [2.75, 3.05) is 5.32 Å². The van der Waals surface area contributed by atoms with Crippen molar-refractivity contribution in [3.8, 4) is 5.69 Å². The topological polar surface area (TPSA) is 127 Å². The highest BCUT2D eigenvalue weighted by atomic mass is 35.5. The van der Waals surface area contributed by atoms with Crippen LogP contribution in [0.5, 0.6) is 0 Å². The van der Waals surface area contributed by atoms with E-state index in [1.807, 2.05) is 0 Å².